The van der Waals surface area contributed by atoms with Gasteiger partial charge in [-0.3, -0.25) is 4.79 Å². The van der Waals surface area contributed by atoms with Crippen molar-refractivity contribution in [3.8, 4) is 0 Å². The number of hydrogen-bond acceptors (Lipinski definition) is 3. The Labute approximate surface area is 123 Å². The Hall–Kier alpha value is -1.21. The minimum Gasteiger partial charge on any atom is -0.350 e. The molecule has 20 heavy (non-hydrogen) atoms. The van der Waals surface area contributed by atoms with E-state index in [4.69, 9.17) is 5.73 Å². The Bertz CT molecular complexity index is 474. The summed E-state index contributed by atoms with van der Waals surface area (Å²) >= 11 is 0. The molecule has 0 radical (unpaired) electrons. The van der Waals surface area contributed by atoms with E-state index >= 15 is 0 Å². The molecule has 0 bridgehead atoms. The van der Waals surface area contributed by atoms with Gasteiger partial charge in [-0.05, 0) is 27.7 Å². The van der Waals surface area contributed by atoms with Crippen molar-refractivity contribution in [3.05, 3.63) is 17.0 Å². The second-order valence-electron chi connectivity index (χ2n) is 5.18. The number of amides is 1. The van der Waals surface area contributed by atoms with Crippen molar-refractivity contribution in [2.45, 2.75) is 46.2 Å². The normalized spacial score (nSPS) is 11.4. The zero-order valence-corrected chi connectivity index (χ0v) is 12.9. The number of carbonyl (C=O) groups is 1. The molecule has 1 amide bonds. The molecular weight excluding hydrogens is 290 g/mol. The summed E-state index contributed by atoms with van der Waals surface area (Å²) in [7, 11) is 0. The van der Waals surface area contributed by atoms with Gasteiger partial charge in [0.15, 0.2) is 0 Å². The van der Waals surface area contributed by atoms with Crippen LogP contribution < -0.4 is 11.1 Å². The van der Waals surface area contributed by atoms with E-state index in [1.165, 1.54) is 6.92 Å². The number of nitrogens with two attached hydrogens (primary N) is 1. The first kappa shape index (κ1) is 18.8. The third-order valence-electron chi connectivity index (χ3n) is 2.99. The lowest BCUT2D eigenvalue weighted by molar-refractivity contribution is -0.121. The van der Waals surface area contributed by atoms with Gasteiger partial charge >= 0.3 is 6.55 Å². The van der Waals surface area contributed by atoms with E-state index in [0.29, 0.717) is 28.2 Å². The molecule has 8 heteroatoms. The van der Waals surface area contributed by atoms with Crippen molar-refractivity contribution >= 4 is 18.3 Å². The molecule has 0 saturated heterocycles. The topological polar surface area (TPSA) is 72.9 Å². The van der Waals surface area contributed by atoms with Gasteiger partial charge in [-0.25, -0.2) is 4.68 Å². The molecule has 0 spiro atoms. The highest BCUT2D eigenvalue weighted by molar-refractivity contribution is 5.85. The summed E-state index contributed by atoms with van der Waals surface area (Å²) in [6, 6.07) is 0. The van der Waals surface area contributed by atoms with Crippen molar-refractivity contribution in [2.24, 2.45) is 5.73 Å². The van der Waals surface area contributed by atoms with Gasteiger partial charge in [0, 0.05) is 23.3 Å². The Balaban J connectivity index is 0.00000361. The fourth-order valence-electron chi connectivity index (χ4n) is 1.78. The lowest BCUT2D eigenvalue weighted by atomic mass is 10.0. The maximum atomic E-state index is 12.7. The summed E-state index contributed by atoms with van der Waals surface area (Å²) in [5.41, 5.74) is 6.29. The first-order chi connectivity index (χ1) is 8.68. The SMILES string of the molecule is Cc1nn(C(F)F)c(C)c1CC(=O)NC(C)(C)CN.Cl. The predicted molar refractivity (Wildman–Crippen MR) is 75.2 cm³/mol. The molecule has 5 nitrogen and oxygen atoms in total. The first-order valence-corrected chi connectivity index (χ1v) is 6.01. The van der Waals surface area contributed by atoms with Gasteiger partial charge in [-0.2, -0.15) is 13.9 Å². The van der Waals surface area contributed by atoms with Gasteiger partial charge in [0.1, 0.15) is 0 Å². The van der Waals surface area contributed by atoms with Gasteiger partial charge < -0.3 is 11.1 Å². The second-order valence-corrected chi connectivity index (χ2v) is 5.18. The predicted octanol–water partition coefficient (Wildman–Crippen LogP) is 1.71. The van der Waals surface area contributed by atoms with E-state index in [0.717, 1.165) is 0 Å². The van der Waals surface area contributed by atoms with Crippen LogP contribution in [0.4, 0.5) is 8.78 Å². The van der Waals surface area contributed by atoms with Crippen LogP contribution in [0.3, 0.4) is 0 Å². The fourth-order valence-corrected chi connectivity index (χ4v) is 1.78. The number of halogens is 3. The first-order valence-electron chi connectivity index (χ1n) is 6.01. The van der Waals surface area contributed by atoms with Crippen molar-refractivity contribution < 1.29 is 13.6 Å². The minimum absolute atomic E-state index is 0. The molecule has 1 rings (SSSR count). The van der Waals surface area contributed by atoms with Crippen LogP contribution in [0.1, 0.15) is 37.3 Å². The summed E-state index contributed by atoms with van der Waals surface area (Å²) in [6.07, 6.45) is 0.0216. The molecule has 0 atom stereocenters. The molecule has 0 unspecified atom stereocenters. The minimum atomic E-state index is -2.70. The Morgan fingerprint density at radius 1 is 1.45 bits per heavy atom. The molecule has 0 aliphatic rings. The number of nitrogens with one attached hydrogen (secondary N) is 1. The molecule has 0 aliphatic heterocycles. The zero-order valence-electron chi connectivity index (χ0n) is 12.0. The zero-order chi connectivity index (χ0) is 14.8. The number of nitrogens with zero attached hydrogens (tertiary/aromatic N) is 2. The summed E-state index contributed by atoms with van der Waals surface area (Å²) < 4.78 is 26.0. The number of rotatable bonds is 5. The van der Waals surface area contributed by atoms with Crippen LogP contribution >= 0.6 is 12.4 Å². The molecule has 1 aromatic rings. The van der Waals surface area contributed by atoms with E-state index in [1.807, 2.05) is 0 Å². The van der Waals surface area contributed by atoms with Crippen LogP contribution in [0.15, 0.2) is 0 Å². The van der Waals surface area contributed by atoms with Gasteiger partial charge in [0.2, 0.25) is 5.91 Å². The van der Waals surface area contributed by atoms with E-state index in [-0.39, 0.29) is 24.7 Å². The highest BCUT2D eigenvalue weighted by atomic mass is 35.5. The van der Waals surface area contributed by atoms with Crippen LogP contribution in [0.25, 0.3) is 0 Å². The van der Waals surface area contributed by atoms with Gasteiger partial charge in [0.25, 0.3) is 0 Å². The smallest absolute Gasteiger partial charge is 0.333 e. The summed E-state index contributed by atoms with van der Waals surface area (Å²) in [5, 5.41) is 6.50. The van der Waals surface area contributed by atoms with Gasteiger partial charge in [0.05, 0.1) is 12.1 Å². The van der Waals surface area contributed by atoms with Crippen molar-refractivity contribution in [3.63, 3.8) is 0 Å². The van der Waals surface area contributed by atoms with Crippen LogP contribution in [-0.4, -0.2) is 27.8 Å². The highest BCUT2D eigenvalue weighted by Gasteiger charge is 2.22. The van der Waals surface area contributed by atoms with Crippen LogP contribution in [0, 0.1) is 13.8 Å². The average Bonchev–Trinajstić information content (AvgIpc) is 2.56. The van der Waals surface area contributed by atoms with Crippen LogP contribution in [0.2, 0.25) is 0 Å². The Kier molecular flexibility index (Phi) is 6.56. The number of alkyl halides is 2. The average molecular weight is 311 g/mol. The maximum absolute atomic E-state index is 12.7. The Morgan fingerprint density at radius 3 is 2.40 bits per heavy atom. The second kappa shape index (κ2) is 6.99. The van der Waals surface area contributed by atoms with Crippen molar-refractivity contribution in [1.82, 2.24) is 15.1 Å². The Morgan fingerprint density at radius 2 is 2.00 bits per heavy atom. The quantitative estimate of drug-likeness (QED) is 0.869. The van der Waals surface area contributed by atoms with E-state index in [9.17, 15) is 13.6 Å². The van der Waals surface area contributed by atoms with Crippen LogP contribution in [0.5, 0.6) is 0 Å². The highest BCUT2D eigenvalue weighted by Crippen LogP contribution is 2.19. The number of aromatic nitrogens is 2. The molecule has 3 N–H and O–H groups in total. The monoisotopic (exact) mass is 310 g/mol. The largest absolute Gasteiger partial charge is 0.350 e. The van der Waals surface area contributed by atoms with Gasteiger partial charge in [-0.1, -0.05) is 0 Å². The molecule has 0 fully saturated rings. The lowest BCUT2D eigenvalue weighted by Gasteiger charge is -2.24. The van der Waals surface area contributed by atoms with E-state index < -0.39 is 12.1 Å². The van der Waals surface area contributed by atoms with E-state index in [2.05, 4.69) is 10.4 Å². The lowest BCUT2D eigenvalue weighted by Crippen LogP contribution is -2.49. The summed E-state index contributed by atoms with van der Waals surface area (Å²) in [6.45, 7) is 4.34. The third-order valence-corrected chi connectivity index (χ3v) is 2.99. The van der Waals surface area contributed by atoms with Crippen LogP contribution in [-0.2, 0) is 11.2 Å². The molecule has 0 saturated carbocycles. The molecule has 116 valence electrons. The van der Waals surface area contributed by atoms with Gasteiger partial charge in [-0.15, -0.1) is 12.4 Å². The molecule has 0 aromatic carbocycles. The van der Waals surface area contributed by atoms with Crippen molar-refractivity contribution in [2.75, 3.05) is 6.54 Å². The number of aryl methyl sites for hydroxylation is 1. The maximum Gasteiger partial charge on any atom is 0.333 e. The molecule has 1 heterocycles. The van der Waals surface area contributed by atoms with E-state index in [1.54, 1.807) is 20.8 Å². The number of carbonyl (C=O) groups excluding carboxylic acids is 1. The summed E-state index contributed by atoms with van der Waals surface area (Å²) in [5.74, 6) is -0.254. The number of hydrogen-bond donors (Lipinski definition) is 2. The van der Waals surface area contributed by atoms with Crippen molar-refractivity contribution in [1.29, 1.82) is 0 Å². The third kappa shape index (κ3) is 4.42. The molecular formula is C12H21ClF2N4O. The summed E-state index contributed by atoms with van der Waals surface area (Å²) in [4.78, 5) is 11.9. The fraction of sp³-hybridized carbons (Fsp3) is 0.667. The molecule has 1 aromatic heterocycles. The standard InChI is InChI=1S/C12H20F2N4O.ClH/c1-7-9(8(2)18(17-7)11(13)14)5-10(19)16-12(3,4)6-15;/h11H,5-6,15H2,1-4H3,(H,16,19);1H. The molecule has 0 aliphatic carbocycles.